The predicted octanol–water partition coefficient (Wildman–Crippen LogP) is 4.06. The van der Waals surface area contributed by atoms with Gasteiger partial charge in [-0.3, -0.25) is 4.90 Å². The maximum absolute atomic E-state index is 3.94. The summed E-state index contributed by atoms with van der Waals surface area (Å²) in [5.74, 6) is 0.747. The normalized spacial score (nSPS) is 28.2. The van der Waals surface area contributed by atoms with Crippen molar-refractivity contribution < 1.29 is 0 Å². The first-order valence-electron chi connectivity index (χ1n) is 8.88. The fourth-order valence-electron chi connectivity index (χ4n) is 3.89. The van der Waals surface area contributed by atoms with Crippen LogP contribution >= 0.6 is 0 Å². The maximum Gasteiger partial charge on any atom is 0.0309 e. The molecule has 1 atom stereocenters. The fourth-order valence-corrected chi connectivity index (χ4v) is 3.89. The molecule has 2 rings (SSSR count). The molecule has 118 valence electrons. The highest BCUT2D eigenvalue weighted by molar-refractivity contribution is 5.00. The Morgan fingerprint density at radius 2 is 1.85 bits per heavy atom. The summed E-state index contributed by atoms with van der Waals surface area (Å²) in [5.41, 5.74) is 0.859. The highest BCUT2D eigenvalue weighted by Crippen LogP contribution is 2.35. The summed E-state index contributed by atoms with van der Waals surface area (Å²) in [7, 11) is 0. The van der Waals surface area contributed by atoms with Gasteiger partial charge >= 0.3 is 0 Å². The zero-order valence-electron chi connectivity index (χ0n) is 14.5. The molecule has 2 aliphatic rings. The van der Waals surface area contributed by atoms with Crippen LogP contribution in [0.4, 0.5) is 0 Å². The third-order valence-corrected chi connectivity index (χ3v) is 6.19. The van der Waals surface area contributed by atoms with E-state index in [1.54, 1.807) is 0 Å². The average molecular weight is 280 g/mol. The van der Waals surface area contributed by atoms with E-state index in [9.17, 15) is 0 Å². The first-order chi connectivity index (χ1) is 9.38. The molecule has 1 aliphatic carbocycles. The first-order valence-corrected chi connectivity index (χ1v) is 8.88. The van der Waals surface area contributed by atoms with E-state index in [4.69, 9.17) is 0 Å². The zero-order chi connectivity index (χ0) is 14.8. The number of piperazine rings is 1. The Morgan fingerprint density at radius 1 is 1.20 bits per heavy atom. The summed E-state index contributed by atoms with van der Waals surface area (Å²) >= 11 is 0. The van der Waals surface area contributed by atoms with Crippen LogP contribution in [0.5, 0.6) is 0 Å². The number of nitrogens with one attached hydrogen (secondary N) is 1. The Hall–Kier alpha value is -0.0800. The lowest BCUT2D eigenvalue weighted by atomic mass is 9.76. The van der Waals surface area contributed by atoms with Crippen LogP contribution in [-0.2, 0) is 0 Å². The van der Waals surface area contributed by atoms with E-state index < -0.39 is 0 Å². The summed E-state index contributed by atoms with van der Waals surface area (Å²) in [6.45, 7) is 15.7. The first kappa shape index (κ1) is 16.3. The van der Waals surface area contributed by atoms with Crippen LogP contribution in [0.1, 0.15) is 73.1 Å². The zero-order valence-corrected chi connectivity index (χ0v) is 14.5. The molecule has 20 heavy (non-hydrogen) atoms. The number of hydrogen-bond donors (Lipinski definition) is 1. The molecular formula is C18H36N2. The van der Waals surface area contributed by atoms with Crippen molar-refractivity contribution >= 4 is 0 Å². The lowest BCUT2D eigenvalue weighted by Crippen LogP contribution is -2.65. The lowest BCUT2D eigenvalue weighted by molar-refractivity contribution is 0.0175. The molecule has 0 radical (unpaired) electrons. The van der Waals surface area contributed by atoms with E-state index in [-0.39, 0.29) is 0 Å². The molecule has 1 saturated carbocycles. The van der Waals surface area contributed by atoms with Gasteiger partial charge in [0.1, 0.15) is 0 Å². The van der Waals surface area contributed by atoms with Crippen LogP contribution in [0.25, 0.3) is 0 Å². The smallest absolute Gasteiger partial charge is 0.0309 e. The second kappa shape index (κ2) is 6.36. The maximum atomic E-state index is 3.94. The standard InChI is InChI=1S/C18H36N2/c1-6-16-12-19-18(10-8-7-9-11-18)14-20(16)13-17(4,5)15(2)3/h15-16,19H,6-14H2,1-5H3. The monoisotopic (exact) mass is 280 g/mol. The van der Waals surface area contributed by atoms with Gasteiger partial charge in [0.2, 0.25) is 0 Å². The highest BCUT2D eigenvalue weighted by Gasteiger charge is 2.41. The van der Waals surface area contributed by atoms with Crippen LogP contribution in [-0.4, -0.2) is 36.1 Å². The predicted molar refractivity (Wildman–Crippen MR) is 88.1 cm³/mol. The van der Waals surface area contributed by atoms with Gasteiger partial charge in [-0.25, -0.2) is 0 Å². The minimum atomic E-state index is 0.417. The number of rotatable bonds is 4. The van der Waals surface area contributed by atoms with Gasteiger partial charge in [0.05, 0.1) is 0 Å². The fraction of sp³-hybridized carbons (Fsp3) is 1.00. The van der Waals surface area contributed by atoms with Crippen molar-refractivity contribution in [1.82, 2.24) is 10.2 Å². The van der Waals surface area contributed by atoms with E-state index in [1.165, 1.54) is 58.2 Å². The van der Waals surface area contributed by atoms with Crippen molar-refractivity contribution in [3.8, 4) is 0 Å². The largest absolute Gasteiger partial charge is 0.308 e. The van der Waals surface area contributed by atoms with E-state index in [0.29, 0.717) is 11.0 Å². The quantitative estimate of drug-likeness (QED) is 0.835. The number of hydrogen-bond acceptors (Lipinski definition) is 2. The molecule has 0 aromatic rings. The van der Waals surface area contributed by atoms with Gasteiger partial charge < -0.3 is 5.32 Å². The van der Waals surface area contributed by atoms with Gasteiger partial charge in [0, 0.05) is 31.2 Å². The summed E-state index contributed by atoms with van der Waals surface area (Å²) in [4.78, 5) is 2.82. The molecular weight excluding hydrogens is 244 g/mol. The van der Waals surface area contributed by atoms with Gasteiger partial charge in [-0.15, -0.1) is 0 Å². The molecule has 0 aromatic carbocycles. The SMILES string of the molecule is CCC1CNC2(CCCCC2)CN1CC(C)(C)C(C)C. The molecule has 1 saturated heterocycles. The topological polar surface area (TPSA) is 15.3 Å². The molecule has 1 N–H and O–H groups in total. The van der Waals surface area contributed by atoms with Crippen LogP contribution < -0.4 is 5.32 Å². The molecule has 1 aliphatic heterocycles. The van der Waals surface area contributed by atoms with Crippen LogP contribution in [0.15, 0.2) is 0 Å². The average Bonchev–Trinajstić information content (AvgIpc) is 2.39. The Balaban J connectivity index is 2.06. The van der Waals surface area contributed by atoms with Gasteiger partial charge in [-0.05, 0) is 30.6 Å². The molecule has 2 fully saturated rings. The van der Waals surface area contributed by atoms with E-state index >= 15 is 0 Å². The van der Waals surface area contributed by atoms with E-state index in [0.717, 1.165) is 12.0 Å². The van der Waals surface area contributed by atoms with Gasteiger partial charge in [0.15, 0.2) is 0 Å². The van der Waals surface area contributed by atoms with Gasteiger partial charge in [-0.1, -0.05) is 53.9 Å². The summed E-state index contributed by atoms with van der Waals surface area (Å²) in [5, 5.41) is 3.94. The molecule has 0 bridgehead atoms. The second-order valence-corrected chi connectivity index (χ2v) is 8.33. The Bertz CT molecular complexity index is 303. The van der Waals surface area contributed by atoms with Crippen molar-refractivity contribution in [2.75, 3.05) is 19.6 Å². The van der Waals surface area contributed by atoms with E-state index in [2.05, 4.69) is 44.8 Å². The second-order valence-electron chi connectivity index (χ2n) is 8.33. The molecule has 2 nitrogen and oxygen atoms in total. The minimum absolute atomic E-state index is 0.417. The van der Waals surface area contributed by atoms with Gasteiger partial charge in [0.25, 0.3) is 0 Å². The molecule has 1 spiro atoms. The minimum Gasteiger partial charge on any atom is -0.308 e. The highest BCUT2D eigenvalue weighted by atomic mass is 15.3. The summed E-state index contributed by atoms with van der Waals surface area (Å²) in [6, 6.07) is 0.737. The molecule has 1 unspecified atom stereocenters. The number of nitrogens with zero attached hydrogens (tertiary/aromatic N) is 1. The Kier molecular flexibility index (Phi) is 5.18. The third kappa shape index (κ3) is 3.57. The molecule has 0 aromatic heterocycles. The van der Waals surface area contributed by atoms with E-state index in [1.807, 2.05) is 0 Å². The van der Waals surface area contributed by atoms with Crippen molar-refractivity contribution in [2.45, 2.75) is 84.7 Å². The lowest BCUT2D eigenvalue weighted by Gasteiger charge is -2.52. The van der Waals surface area contributed by atoms with Crippen molar-refractivity contribution in [3.05, 3.63) is 0 Å². The Morgan fingerprint density at radius 3 is 2.40 bits per heavy atom. The van der Waals surface area contributed by atoms with Crippen LogP contribution in [0.3, 0.4) is 0 Å². The van der Waals surface area contributed by atoms with Gasteiger partial charge in [-0.2, -0.15) is 0 Å². The van der Waals surface area contributed by atoms with Crippen molar-refractivity contribution in [2.24, 2.45) is 11.3 Å². The molecule has 1 heterocycles. The van der Waals surface area contributed by atoms with Crippen molar-refractivity contribution in [3.63, 3.8) is 0 Å². The Labute approximate surface area is 126 Å². The van der Waals surface area contributed by atoms with Crippen LogP contribution in [0, 0.1) is 11.3 Å². The summed E-state index contributed by atoms with van der Waals surface area (Å²) < 4.78 is 0. The summed E-state index contributed by atoms with van der Waals surface area (Å²) in [6.07, 6.45) is 8.34. The molecule has 0 amide bonds. The molecule has 2 heteroatoms. The van der Waals surface area contributed by atoms with Crippen LogP contribution in [0.2, 0.25) is 0 Å². The van der Waals surface area contributed by atoms with Crippen molar-refractivity contribution in [1.29, 1.82) is 0 Å². The third-order valence-electron chi connectivity index (χ3n) is 6.19.